The Kier molecular flexibility index (Phi) is 4.77. The second-order valence-electron chi connectivity index (χ2n) is 6.18. The van der Waals surface area contributed by atoms with Gasteiger partial charge < -0.3 is 4.74 Å². The van der Waals surface area contributed by atoms with Gasteiger partial charge in [0.05, 0.1) is 23.5 Å². The molecular weight excluding hydrogens is 408 g/mol. The fourth-order valence-electron chi connectivity index (χ4n) is 3.23. The Morgan fingerprint density at radius 2 is 2.15 bits per heavy atom. The maximum absolute atomic E-state index is 12.5. The van der Waals surface area contributed by atoms with Crippen molar-refractivity contribution in [1.29, 1.82) is 0 Å². The van der Waals surface area contributed by atoms with Gasteiger partial charge in [-0.15, -0.1) is 0 Å². The number of rotatable bonds is 4. The monoisotopic (exact) mass is 424 g/mol. The fourth-order valence-corrected chi connectivity index (χ4v) is 3.79. The van der Waals surface area contributed by atoms with Crippen LogP contribution in [-0.4, -0.2) is 29.4 Å². The number of nitrogens with one attached hydrogen (secondary N) is 2. The standard InChI is InChI=1S/C20H17BrN4O2/c1-27-17-9-6-12(10-16(17)21)11-22-25-20(26)19-15-8-7-13-4-2-3-5-14(13)18(15)23-24-19/h2-6,9-11H,7-8H2,1H3,(H,23,24)(H,25,26)/b22-11+. The van der Waals surface area contributed by atoms with E-state index in [2.05, 4.69) is 42.7 Å². The predicted molar refractivity (Wildman–Crippen MR) is 107 cm³/mol. The molecule has 2 N–H and O–H groups in total. The predicted octanol–water partition coefficient (Wildman–Crippen LogP) is 3.71. The second-order valence-corrected chi connectivity index (χ2v) is 7.03. The summed E-state index contributed by atoms with van der Waals surface area (Å²) in [5.74, 6) is 0.438. The van der Waals surface area contributed by atoms with Crippen molar-refractivity contribution in [2.24, 2.45) is 5.10 Å². The SMILES string of the molecule is COc1ccc(/C=N/NC(=O)c2[nH]nc3c2CCc2ccccc2-3)cc1Br. The number of carbonyl (C=O) groups is 1. The molecule has 1 heterocycles. The lowest BCUT2D eigenvalue weighted by molar-refractivity contribution is 0.0949. The molecule has 27 heavy (non-hydrogen) atoms. The number of benzene rings is 2. The number of hydrogen-bond donors (Lipinski definition) is 2. The first-order valence-corrected chi connectivity index (χ1v) is 9.29. The minimum Gasteiger partial charge on any atom is -0.496 e. The molecule has 1 amide bonds. The summed E-state index contributed by atoms with van der Waals surface area (Å²) in [4.78, 5) is 12.5. The molecule has 0 fully saturated rings. The highest BCUT2D eigenvalue weighted by Gasteiger charge is 2.24. The quantitative estimate of drug-likeness (QED) is 0.494. The molecule has 1 aliphatic rings. The van der Waals surface area contributed by atoms with Crippen molar-refractivity contribution in [3.8, 4) is 17.0 Å². The van der Waals surface area contributed by atoms with E-state index in [9.17, 15) is 4.79 Å². The van der Waals surface area contributed by atoms with Crippen LogP contribution in [0.3, 0.4) is 0 Å². The number of aromatic nitrogens is 2. The molecule has 1 aromatic heterocycles. The minimum atomic E-state index is -0.299. The average molecular weight is 425 g/mol. The highest BCUT2D eigenvalue weighted by Crippen LogP contribution is 2.33. The highest BCUT2D eigenvalue weighted by molar-refractivity contribution is 9.10. The van der Waals surface area contributed by atoms with Gasteiger partial charge in [0.2, 0.25) is 0 Å². The number of carbonyl (C=O) groups excluding carboxylic acids is 1. The van der Waals surface area contributed by atoms with E-state index in [1.165, 1.54) is 5.56 Å². The summed E-state index contributed by atoms with van der Waals surface area (Å²) in [6, 6.07) is 13.7. The zero-order valence-corrected chi connectivity index (χ0v) is 16.2. The van der Waals surface area contributed by atoms with Crippen molar-refractivity contribution in [3.63, 3.8) is 0 Å². The average Bonchev–Trinajstić information content (AvgIpc) is 3.13. The van der Waals surface area contributed by atoms with Crippen molar-refractivity contribution in [3.05, 3.63) is 69.3 Å². The number of amides is 1. The van der Waals surface area contributed by atoms with Crippen LogP contribution in [0.25, 0.3) is 11.3 Å². The molecule has 136 valence electrons. The summed E-state index contributed by atoms with van der Waals surface area (Å²) in [7, 11) is 1.61. The van der Waals surface area contributed by atoms with Crippen molar-refractivity contribution in [2.45, 2.75) is 12.8 Å². The van der Waals surface area contributed by atoms with Gasteiger partial charge in [-0.3, -0.25) is 9.89 Å². The van der Waals surface area contributed by atoms with Crippen LogP contribution in [0.15, 0.2) is 52.0 Å². The highest BCUT2D eigenvalue weighted by atomic mass is 79.9. The van der Waals surface area contributed by atoms with E-state index >= 15 is 0 Å². The van der Waals surface area contributed by atoms with Crippen LogP contribution in [0, 0.1) is 0 Å². The Balaban J connectivity index is 1.50. The molecule has 3 aromatic rings. The maximum atomic E-state index is 12.5. The van der Waals surface area contributed by atoms with Gasteiger partial charge in [0.1, 0.15) is 11.4 Å². The van der Waals surface area contributed by atoms with Crippen LogP contribution >= 0.6 is 15.9 Å². The van der Waals surface area contributed by atoms with Crippen molar-refractivity contribution in [2.75, 3.05) is 7.11 Å². The zero-order valence-electron chi connectivity index (χ0n) is 14.6. The molecule has 7 heteroatoms. The molecule has 2 aromatic carbocycles. The third-order valence-electron chi connectivity index (χ3n) is 4.57. The first kappa shape index (κ1) is 17.5. The van der Waals surface area contributed by atoms with Crippen LogP contribution in [0.5, 0.6) is 5.75 Å². The lowest BCUT2D eigenvalue weighted by Crippen LogP contribution is -2.20. The zero-order chi connectivity index (χ0) is 18.8. The molecule has 0 aliphatic heterocycles. The van der Waals surface area contributed by atoms with Crippen molar-refractivity contribution >= 4 is 28.1 Å². The molecule has 4 rings (SSSR count). The van der Waals surface area contributed by atoms with Crippen LogP contribution in [0.4, 0.5) is 0 Å². The van der Waals surface area contributed by atoms with E-state index in [1.54, 1.807) is 13.3 Å². The van der Waals surface area contributed by atoms with E-state index in [-0.39, 0.29) is 5.91 Å². The van der Waals surface area contributed by atoms with Crippen LogP contribution in [-0.2, 0) is 12.8 Å². The van der Waals surface area contributed by atoms with E-state index in [0.29, 0.717) is 5.69 Å². The Labute approximate surface area is 164 Å². The third kappa shape index (κ3) is 3.38. The van der Waals surface area contributed by atoms with Gasteiger partial charge in [-0.2, -0.15) is 10.2 Å². The Morgan fingerprint density at radius 3 is 2.96 bits per heavy atom. The number of ether oxygens (including phenoxy) is 1. The van der Waals surface area contributed by atoms with Gasteiger partial charge in [0, 0.05) is 11.1 Å². The number of halogens is 1. The smallest absolute Gasteiger partial charge is 0.289 e. The van der Waals surface area contributed by atoms with Gasteiger partial charge >= 0.3 is 0 Å². The number of fused-ring (bicyclic) bond motifs is 3. The van der Waals surface area contributed by atoms with E-state index in [4.69, 9.17) is 4.74 Å². The lowest BCUT2D eigenvalue weighted by atomic mass is 9.89. The largest absolute Gasteiger partial charge is 0.496 e. The van der Waals surface area contributed by atoms with Gasteiger partial charge in [-0.05, 0) is 58.1 Å². The van der Waals surface area contributed by atoms with Crippen LogP contribution in [0.1, 0.15) is 27.2 Å². The van der Waals surface area contributed by atoms with Gasteiger partial charge in [-0.25, -0.2) is 5.43 Å². The lowest BCUT2D eigenvalue weighted by Gasteiger charge is -2.15. The number of hydrazone groups is 1. The molecular formula is C20H17BrN4O2. The number of hydrogen-bond acceptors (Lipinski definition) is 4. The summed E-state index contributed by atoms with van der Waals surface area (Å²) >= 11 is 3.43. The summed E-state index contributed by atoms with van der Waals surface area (Å²) in [5.41, 5.74) is 8.00. The Hall–Kier alpha value is -2.93. The molecule has 0 saturated carbocycles. The normalized spacial score (nSPS) is 12.5. The molecule has 0 bridgehead atoms. The summed E-state index contributed by atoms with van der Waals surface area (Å²) in [6.07, 6.45) is 3.26. The van der Waals surface area contributed by atoms with Gasteiger partial charge in [0.15, 0.2) is 0 Å². The summed E-state index contributed by atoms with van der Waals surface area (Å²) in [5, 5.41) is 11.3. The van der Waals surface area contributed by atoms with Gasteiger partial charge in [0.25, 0.3) is 5.91 Å². The topological polar surface area (TPSA) is 79.4 Å². The first-order chi connectivity index (χ1) is 13.2. The third-order valence-corrected chi connectivity index (χ3v) is 5.19. The number of H-pyrrole nitrogens is 1. The molecule has 0 radical (unpaired) electrons. The second kappa shape index (κ2) is 7.36. The number of aromatic amines is 1. The molecule has 0 unspecified atom stereocenters. The van der Waals surface area contributed by atoms with Crippen molar-refractivity contribution < 1.29 is 9.53 Å². The first-order valence-electron chi connectivity index (χ1n) is 8.50. The maximum Gasteiger partial charge on any atom is 0.289 e. The van der Waals surface area contributed by atoms with Crippen LogP contribution < -0.4 is 10.2 Å². The van der Waals surface area contributed by atoms with E-state index in [0.717, 1.165) is 45.4 Å². The van der Waals surface area contributed by atoms with E-state index in [1.807, 2.05) is 36.4 Å². The minimum absolute atomic E-state index is 0.299. The van der Waals surface area contributed by atoms with Crippen molar-refractivity contribution in [1.82, 2.24) is 15.6 Å². The number of aryl methyl sites for hydroxylation is 1. The molecule has 1 aliphatic carbocycles. The van der Waals surface area contributed by atoms with E-state index < -0.39 is 0 Å². The van der Waals surface area contributed by atoms with Crippen LogP contribution in [0.2, 0.25) is 0 Å². The Bertz CT molecular complexity index is 1040. The fraction of sp³-hybridized carbons (Fsp3) is 0.150. The molecule has 6 nitrogen and oxygen atoms in total. The molecule has 0 atom stereocenters. The number of nitrogens with zero attached hydrogens (tertiary/aromatic N) is 2. The Morgan fingerprint density at radius 1 is 1.30 bits per heavy atom. The number of methoxy groups -OCH3 is 1. The summed E-state index contributed by atoms with van der Waals surface area (Å²) in [6.45, 7) is 0. The van der Waals surface area contributed by atoms with Gasteiger partial charge in [-0.1, -0.05) is 24.3 Å². The molecule has 0 spiro atoms. The summed E-state index contributed by atoms with van der Waals surface area (Å²) < 4.78 is 6.02. The molecule has 0 saturated heterocycles.